The number of benzene rings is 2. The van der Waals surface area contributed by atoms with Crippen LogP contribution in [0.4, 0.5) is 0 Å². The Hall–Kier alpha value is -1.35. The lowest BCUT2D eigenvalue weighted by Crippen LogP contribution is -1.99. The highest BCUT2D eigenvalue weighted by atomic mass is 32.2. The van der Waals surface area contributed by atoms with Gasteiger partial charge >= 0.3 is 0 Å². The molecule has 2 rings (SSSR count). The normalized spacial score (nSPS) is 10.6. The second-order valence-corrected chi connectivity index (χ2v) is 4.52. The Bertz CT molecular complexity index is 482. The zero-order valence-electron chi connectivity index (χ0n) is 9.14. The molecule has 0 radical (unpaired) electrons. The van der Waals surface area contributed by atoms with Crippen LogP contribution in [0.3, 0.4) is 0 Å². The number of fused-ring (bicyclic) bond motifs is 1. The van der Waals surface area contributed by atoms with Crippen LogP contribution >= 0.6 is 11.8 Å². The summed E-state index contributed by atoms with van der Waals surface area (Å²) in [5, 5.41) is 11.5. The lowest BCUT2D eigenvalue weighted by atomic mass is 10.1. The zero-order chi connectivity index (χ0) is 11.4. The molecule has 0 aliphatic rings. The maximum atomic E-state index is 9.39. The van der Waals surface area contributed by atoms with Crippen LogP contribution in [0.25, 0.3) is 10.8 Å². The van der Waals surface area contributed by atoms with Crippen LogP contribution in [-0.4, -0.2) is 23.7 Å². The molecule has 0 saturated heterocycles. The lowest BCUT2D eigenvalue weighted by molar-refractivity contribution is 0.344. The minimum Gasteiger partial charge on any atom is -0.508 e. The van der Waals surface area contributed by atoms with Crippen LogP contribution in [0.2, 0.25) is 0 Å². The fourth-order valence-corrected chi connectivity index (χ4v) is 1.79. The molecule has 16 heavy (non-hydrogen) atoms. The van der Waals surface area contributed by atoms with Gasteiger partial charge < -0.3 is 9.84 Å². The van der Waals surface area contributed by atoms with Crippen LogP contribution in [0, 0.1) is 0 Å². The van der Waals surface area contributed by atoms with Crippen LogP contribution < -0.4 is 4.74 Å². The molecular formula is C13H14O2S. The van der Waals surface area contributed by atoms with Gasteiger partial charge in [-0.05, 0) is 41.3 Å². The fraction of sp³-hybridized carbons (Fsp3) is 0.231. The van der Waals surface area contributed by atoms with E-state index in [0.29, 0.717) is 6.61 Å². The number of hydrogen-bond acceptors (Lipinski definition) is 3. The van der Waals surface area contributed by atoms with Crippen molar-refractivity contribution in [3.8, 4) is 11.5 Å². The average molecular weight is 234 g/mol. The van der Waals surface area contributed by atoms with Crippen molar-refractivity contribution in [2.24, 2.45) is 0 Å². The molecule has 2 nitrogen and oxygen atoms in total. The van der Waals surface area contributed by atoms with Gasteiger partial charge in [0.15, 0.2) is 0 Å². The van der Waals surface area contributed by atoms with Gasteiger partial charge in [-0.2, -0.15) is 11.8 Å². The molecule has 1 N–H and O–H groups in total. The number of phenols is 1. The summed E-state index contributed by atoms with van der Waals surface area (Å²) in [6, 6.07) is 11.3. The molecule has 0 fully saturated rings. The van der Waals surface area contributed by atoms with Crippen LogP contribution in [0.15, 0.2) is 36.4 Å². The summed E-state index contributed by atoms with van der Waals surface area (Å²) in [7, 11) is 0. The largest absolute Gasteiger partial charge is 0.508 e. The molecule has 0 amide bonds. The maximum absolute atomic E-state index is 9.39. The molecule has 2 aromatic rings. The fourth-order valence-electron chi connectivity index (χ4n) is 1.54. The number of ether oxygens (including phenoxy) is 1. The number of thioether (sulfide) groups is 1. The second-order valence-electron chi connectivity index (χ2n) is 3.53. The molecule has 2 aromatic carbocycles. The third kappa shape index (κ3) is 2.61. The molecule has 0 spiro atoms. The summed E-state index contributed by atoms with van der Waals surface area (Å²) in [5.41, 5.74) is 0. The van der Waals surface area contributed by atoms with E-state index in [2.05, 4.69) is 6.26 Å². The van der Waals surface area contributed by atoms with Crippen molar-refractivity contribution in [3.63, 3.8) is 0 Å². The Labute approximate surface area is 99.2 Å². The number of aromatic hydroxyl groups is 1. The van der Waals surface area contributed by atoms with Gasteiger partial charge in [-0.15, -0.1) is 0 Å². The smallest absolute Gasteiger partial charge is 0.119 e. The molecule has 84 valence electrons. The number of phenolic OH excluding ortho intramolecular Hbond substituents is 1. The summed E-state index contributed by atoms with van der Waals surface area (Å²) < 4.78 is 5.59. The van der Waals surface area contributed by atoms with Crippen molar-refractivity contribution in [1.82, 2.24) is 0 Å². The molecule has 0 aliphatic carbocycles. The van der Waals surface area contributed by atoms with Gasteiger partial charge in [0.25, 0.3) is 0 Å². The highest BCUT2D eigenvalue weighted by Gasteiger charge is 1.98. The SMILES string of the molecule is CSCCOc1ccc2ccc(O)cc2c1. The summed E-state index contributed by atoms with van der Waals surface area (Å²) in [5.74, 6) is 2.12. The number of rotatable bonds is 4. The monoisotopic (exact) mass is 234 g/mol. The van der Waals surface area contributed by atoms with Crippen molar-refractivity contribution in [2.75, 3.05) is 18.6 Å². The first kappa shape index (κ1) is 11.1. The maximum Gasteiger partial charge on any atom is 0.119 e. The topological polar surface area (TPSA) is 29.5 Å². The van der Waals surface area contributed by atoms with Gasteiger partial charge in [0.1, 0.15) is 11.5 Å². The minimum absolute atomic E-state index is 0.286. The van der Waals surface area contributed by atoms with E-state index in [4.69, 9.17) is 4.74 Å². The van der Waals surface area contributed by atoms with Crippen molar-refractivity contribution in [3.05, 3.63) is 36.4 Å². The van der Waals surface area contributed by atoms with E-state index >= 15 is 0 Å². The van der Waals surface area contributed by atoms with E-state index in [9.17, 15) is 5.11 Å². The molecule has 0 saturated carbocycles. The van der Waals surface area contributed by atoms with Gasteiger partial charge in [-0.25, -0.2) is 0 Å². The highest BCUT2D eigenvalue weighted by molar-refractivity contribution is 7.98. The second kappa shape index (κ2) is 5.12. The molecule has 0 bridgehead atoms. The molecule has 3 heteroatoms. The van der Waals surface area contributed by atoms with Gasteiger partial charge in [-0.3, -0.25) is 0 Å². The lowest BCUT2D eigenvalue weighted by Gasteiger charge is -2.06. The zero-order valence-corrected chi connectivity index (χ0v) is 9.96. The molecule has 0 unspecified atom stereocenters. The summed E-state index contributed by atoms with van der Waals surface area (Å²) >= 11 is 1.76. The average Bonchev–Trinajstić information content (AvgIpc) is 2.29. The third-order valence-electron chi connectivity index (χ3n) is 2.35. The Morgan fingerprint density at radius 3 is 2.75 bits per heavy atom. The summed E-state index contributed by atoms with van der Waals surface area (Å²) in [6.07, 6.45) is 2.06. The van der Waals surface area contributed by atoms with E-state index in [-0.39, 0.29) is 5.75 Å². The first-order chi connectivity index (χ1) is 7.79. The van der Waals surface area contributed by atoms with Crippen molar-refractivity contribution < 1.29 is 9.84 Å². The molecule has 0 atom stereocenters. The van der Waals surface area contributed by atoms with Gasteiger partial charge in [0, 0.05) is 5.75 Å². The standard InChI is InChI=1S/C13H14O2S/c1-16-7-6-15-13-5-3-10-2-4-12(14)8-11(10)9-13/h2-5,8-9,14H,6-7H2,1H3. The Kier molecular flexibility index (Phi) is 3.57. The van der Waals surface area contributed by atoms with Crippen molar-refractivity contribution >= 4 is 22.5 Å². The number of hydrogen-bond donors (Lipinski definition) is 1. The quantitative estimate of drug-likeness (QED) is 0.823. The predicted molar refractivity (Wildman–Crippen MR) is 69.5 cm³/mol. The minimum atomic E-state index is 0.286. The highest BCUT2D eigenvalue weighted by Crippen LogP contribution is 2.24. The van der Waals surface area contributed by atoms with Gasteiger partial charge in [0.05, 0.1) is 6.61 Å². The first-order valence-electron chi connectivity index (χ1n) is 5.14. The summed E-state index contributed by atoms with van der Waals surface area (Å²) in [4.78, 5) is 0. The van der Waals surface area contributed by atoms with Crippen molar-refractivity contribution in [1.29, 1.82) is 0 Å². The van der Waals surface area contributed by atoms with Gasteiger partial charge in [-0.1, -0.05) is 12.1 Å². The molecular weight excluding hydrogens is 220 g/mol. The van der Waals surface area contributed by atoms with E-state index in [1.807, 2.05) is 24.3 Å². The van der Waals surface area contributed by atoms with Gasteiger partial charge in [0.2, 0.25) is 0 Å². The Balaban J connectivity index is 2.21. The summed E-state index contributed by atoms with van der Waals surface area (Å²) in [6.45, 7) is 0.714. The molecule has 0 aliphatic heterocycles. The van der Waals surface area contributed by atoms with E-state index in [1.165, 1.54) is 0 Å². The Morgan fingerprint density at radius 2 is 1.94 bits per heavy atom. The van der Waals surface area contributed by atoms with E-state index in [1.54, 1.807) is 23.9 Å². The van der Waals surface area contributed by atoms with Crippen LogP contribution in [0.5, 0.6) is 11.5 Å². The Morgan fingerprint density at radius 1 is 1.12 bits per heavy atom. The van der Waals surface area contributed by atoms with Crippen molar-refractivity contribution in [2.45, 2.75) is 0 Å². The van der Waals surface area contributed by atoms with Crippen LogP contribution in [-0.2, 0) is 0 Å². The predicted octanol–water partition coefficient (Wildman–Crippen LogP) is 3.29. The first-order valence-corrected chi connectivity index (χ1v) is 6.53. The molecule has 0 heterocycles. The van der Waals surface area contributed by atoms with E-state index < -0.39 is 0 Å². The van der Waals surface area contributed by atoms with Crippen LogP contribution in [0.1, 0.15) is 0 Å². The third-order valence-corrected chi connectivity index (χ3v) is 2.93. The molecule has 0 aromatic heterocycles. The van der Waals surface area contributed by atoms with E-state index in [0.717, 1.165) is 22.3 Å².